The average Bonchev–Trinajstić information content (AvgIpc) is 3.09. The summed E-state index contributed by atoms with van der Waals surface area (Å²) in [5.74, 6) is -1.31. The Bertz CT molecular complexity index is 864. The molecule has 1 aromatic rings. The topological polar surface area (TPSA) is 107 Å². The van der Waals surface area contributed by atoms with Gasteiger partial charge in [0, 0.05) is 11.5 Å². The minimum Gasteiger partial charge on any atom is -0.466 e. The number of carbonyl (C=O) groups is 1. The smallest absolute Gasteiger partial charge is 0.306 e. The van der Waals surface area contributed by atoms with E-state index in [-0.39, 0.29) is 35.3 Å². The lowest BCUT2D eigenvalue weighted by molar-refractivity contribution is -0.533. The molecule has 2 fully saturated rings. The SMILES string of the molecule is CCOC(=O)C[C@@H]1CN(S(=O)(=O)c2ccc(C)cc2)[C@@H](C2CCCCC2)[C@@H]1[N+](=O)[O-]. The van der Waals surface area contributed by atoms with E-state index in [1.807, 2.05) is 6.92 Å². The van der Waals surface area contributed by atoms with Crippen LogP contribution in [0.4, 0.5) is 0 Å². The third kappa shape index (κ3) is 4.67. The van der Waals surface area contributed by atoms with Gasteiger partial charge in [0.25, 0.3) is 0 Å². The van der Waals surface area contributed by atoms with Crippen LogP contribution >= 0.6 is 0 Å². The number of esters is 1. The molecule has 0 aromatic heterocycles. The Morgan fingerprint density at radius 3 is 2.40 bits per heavy atom. The average molecular weight is 439 g/mol. The summed E-state index contributed by atoms with van der Waals surface area (Å²) in [6.07, 6.45) is 4.31. The summed E-state index contributed by atoms with van der Waals surface area (Å²) in [5, 5.41) is 12.1. The zero-order valence-corrected chi connectivity index (χ0v) is 18.3. The molecule has 1 saturated carbocycles. The number of ether oxygens (including phenoxy) is 1. The van der Waals surface area contributed by atoms with Crippen molar-refractivity contribution in [2.24, 2.45) is 11.8 Å². The number of carbonyl (C=O) groups excluding carboxylic acids is 1. The predicted molar refractivity (Wildman–Crippen MR) is 111 cm³/mol. The lowest BCUT2D eigenvalue weighted by Crippen LogP contribution is -2.48. The largest absolute Gasteiger partial charge is 0.466 e. The van der Waals surface area contributed by atoms with Gasteiger partial charge in [0.1, 0.15) is 0 Å². The molecule has 9 heteroatoms. The Morgan fingerprint density at radius 2 is 1.83 bits per heavy atom. The van der Waals surface area contributed by atoms with E-state index in [9.17, 15) is 23.3 Å². The molecular formula is C21H30N2O6S. The molecule has 2 aliphatic rings. The fraction of sp³-hybridized carbons (Fsp3) is 0.667. The second-order valence-electron chi connectivity index (χ2n) is 8.32. The van der Waals surface area contributed by atoms with Crippen LogP contribution in [-0.2, 0) is 19.6 Å². The van der Waals surface area contributed by atoms with Crippen molar-refractivity contribution in [3.8, 4) is 0 Å². The number of nitro groups is 1. The predicted octanol–water partition coefficient (Wildman–Crippen LogP) is 3.16. The summed E-state index contributed by atoms with van der Waals surface area (Å²) >= 11 is 0. The zero-order chi connectivity index (χ0) is 21.9. The maximum absolute atomic E-state index is 13.5. The van der Waals surface area contributed by atoms with E-state index in [0.717, 1.165) is 37.7 Å². The van der Waals surface area contributed by atoms with Gasteiger partial charge in [0.05, 0.1) is 29.9 Å². The second-order valence-corrected chi connectivity index (χ2v) is 10.2. The summed E-state index contributed by atoms with van der Waals surface area (Å²) in [7, 11) is -3.92. The first-order valence-corrected chi connectivity index (χ1v) is 12.1. The third-order valence-corrected chi connectivity index (χ3v) is 8.20. The van der Waals surface area contributed by atoms with Crippen LogP contribution < -0.4 is 0 Å². The highest BCUT2D eigenvalue weighted by Crippen LogP contribution is 2.41. The normalized spacial score (nSPS) is 25.9. The standard InChI is InChI=1S/C21H30N2O6S/c1-3-29-19(24)13-17-14-22(30(27,28)18-11-9-15(2)10-12-18)20(21(17)23(25)26)16-7-5-4-6-8-16/h9-12,16-17,20-21H,3-8,13-14H2,1-2H3/t17-,20+,21-/m1/s1. The number of sulfonamides is 1. The van der Waals surface area contributed by atoms with E-state index < -0.39 is 34.0 Å². The molecule has 1 aliphatic carbocycles. The molecule has 0 spiro atoms. The molecule has 1 heterocycles. The molecule has 166 valence electrons. The highest BCUT2D eigenvalue weighted by molar-refractivity contribution is 7.89. The highest BCUT2D eigenvalue weighted by Gasteiger charge is 2.57. The third-order valence-electron chi connectivity index (χ3n) is 6.32. The lowest BCUT2D eigenvalue weighted by atomic mass is 9.80. The Labute approximate surface area is 177 Å². The molecule has 0 N–H and O–H groups in total. The number of hydrogen-bond donors (Lipinski definition) is 0. The van der Waals surface area contributed by atoms with Gasteiger partial charge in [-0.3, -0.25) is 14.9 Å². The zero-order valence-electron chi connectivity index (χ0n) is 17.5. The Morgan fingerprint density at radius 1 is 1.20 bits per heavy atom. The van der Waals surface area contributed by atoms with Crippen molar-refractivity contribution in [1.82, 2.24) is 4.31 Å². The van der Waals surface area contributed by atoms with Crippen molar-refractivity contribution in [2.75, 3.05) is 13.2 Å². The van der Waals surface area contributed by atoms with E-state index in [0.29, 0.717) is 0 Å². The minimum atomic E-state index is -3.92. The Hall–Kier alpha value is -2.00. The van der Waals surface area contributed by atoms with Gasteiger partial charge in [-0.1, -0.05) is 37.0 Å². The first-order chi connectivity index (χ1) is 14.3. The maximum Gasteiger partial charge on any atom is 0.306 e. The monoisotopic (exact) mass is 438 g/mol. The van der Waals surface area contributed by atoms with Crippen LogP contribution in [0.3, 0.4) is 0 Å². The van der Waals surface area contributed by atoms with Crippen molar-refractivity contribution in [2.45, 2.75) is 69.4 Å². The van der Waals surface area contributed by atoms with Crippen LogP contribution in [-0.4, -0.2) is 48.9 Å². The van der Waals surface area contributed by atoms with Crippen molar-refractivity contribution in [3.63, 3.8) is 0 Å². The summed E-state index contributed by atoms with van der Waals surface area (Å²) < 4.78 is 33.3. The number of nitrogens with zero attached hydrogens (tertiary/aromatic N) is 2. The second kappa shape index (κ2) is 9.43. The first-order valence-electron chi connectivity index (χ1n) is 10.6. The van der Waals surface area contributed by atoms with Gasteiger partial charge in [-0.05, 0) is 44.7 Å². The van der Waals surface area contributed by atoms with E-state index in [1.165, 1.54) is 4.31 Å². The number of aryl methyl sites for hydroxylation is 1. The molecule has 3 atom stereocenters. The minimum absolute atomic E-state index is 0.0398. The summed E-state index contributed by atoms with van der Waals surface area (Å²) in [5.41, 5.74) is 0.933. The van der Waals surface area contributed by atoms with Gasteiger partial charge in [-0.2, -0.15) is 4.31 Å². The van der Waals surface area contributed by atoms with Crippen LogP contribution in [0.25, 0.3) is 0 Å². The van der Waals surface area contributed by atoms with Crippen molar-refractivity contribution >= 4 is 16.0 Å². The molecule has 1 aromatic carbocycles. The molecule has 3 rings (SSSR count). The van der Waals surface area contributed by atoms with Crippen LogP contribution in [0.5, 0.6) is 0 Å². The van der Waals surface area contributed by atoms with Gasteiger partial charge >= 0.3 is 5.97 Å². The van der Waals surface area contributed by atoms with Crippen LogP contribution in [0.1, 0.15) is 51.0 Å². The summed E-state index contributed by atoms with van der Waals surface area (Å²) in [6.45, 7) is 3.69. The summed E-state index contributed by atoms with van der Waals surface area (Å²) in [6, 6.07) is 4.67. The van der Waals surface area contributed by atoms with Crippen molar-refractivity contribution < 1.29 is 22.9 Å². The van der Waals surface area contributed by atoms with Crippen LogP contribution in [0, 0.1) is 28.9 Å². The molecule has 8 nitrogen and oxygen atoms in total. The summed E-state index contributed by atoms with van der Waals surface area (Å²) in [4.78, 5) is 23.9. The fourth-order valence-corrected chi connectivity index (χ4v) is 6.68. The molecule has 30 heavy (non-hydrogen) atoms. The van der Waals surface area contributed by atoms with E-state index in [2.05, 4.69) is 0 Å². The van der Waals surface area contributed by atoms with Gasteiger partial charge in [-0.25, -0.2) is 8.42 Å². The van der Waals surface area contributed by atoms with Gasteiger partial charge in [0.2, 0.25) is 16.1 Å². The molecule has 1 aliphatic heterocycles. The number of rotatable bonds is 7. The van der Waals surface area contributed by atoms with Crippen molar-refractivity contribution in [1.29, 1.82) is 0 Å². The van der Waals surface area contributed by atoms with E-state index in [1.54, 1.807) is 31.2 Å². The molecule has 0 radical (unpaired) electrons. The van der Waals surface area contributed by atoms with E-state index >= 15 is 0 Å². The molecule has 1 saturated heterocycles. The quantitative estimate of drug-likeness (QED) is 0.368. The molecule has 0 unspecified atom stereocenters. The Balaban J connectivity index is 2.00. The van der Waals surface area contributed by atoms with Gasteiger partial charge in [-0.15, -0.1) is 0 Å². The first kappa shape index (κ1) is 22.7. The number of hydrogen-bond acceptors (Lipinski definition) is 6. The van der Waals surface area contributed by atoms with Crippen LogP contribution in [0.15, 0.2) is 29.2 Å². The number of benzene rings is 1. The molecular weight excluding hydrogens is 408 g/mol. The van der Waals surface area contributed by atoms with Gasteiger partial charge in [0.15, 0.2) is 0 Å². The van der Waals surface area contributed by atoms with Crippen molar-refractivity contribution in [3.05, 3.63) is 39.9 Å². The maximum atomic E-state index is 13.5. The van der Waals surface area contributed by atoms with E-state index in [4.69, 9.17) is 4.74 Å². The Kier molecular flexibility index (Phi) is 7.13. The fourth-order valence-electron chi connectivity index (χ4n) is 4.92. The van der Waals surface area contributed by atoms with Gasteiger partial charge < -0.3 is 4.74 Å². The lowest BCUT2D eigenvalue weighted by Gasteiger charge is -2.33. The van der Waals surface area contributed by atoms with Crippen LogP contribution in [0.2, 0.25) is 0 Å². The molecule has 0 bridgehead atoms. The molecule has 0 amide bonds. The highest BCUT2D eigenvalue weighted by atomic mass is 32.2.